The Morgan fingerprint density at radius 1 is 1.70 bits per heavy atom. The van der Waals surface area contributed by atoms with E-state index < -0.39 is 5.92 Å². The topological polar surface area (TPSA) is 46.2 Å². The van der Waals surface area contributed by atoms with Gasteiger partial charge in [-0.05, 0) is 12.3 Å². The summed E-state index contributed by atoms with van der Waals surface area (Å²) in [7, 11) is 0. The molecule has 0 aromatic rings. The summed E-state index contributed by atoms with van der Waals surface area (Å²) < 4.78 is 0. The first-order valence-corrected chi connectivity index (χ1v) is 3.47. The van der Waals surface area contributed by atoms with Gasteiger partial charge >= 0.3 is 0 Å². The van der Waals surface area contributed by atoms with E-state index in [2.05, 4.69) is 5.32 Å². The lowest BCUT2D eigenvalue weighted by molar-refractivity contribution is -0.131. The lowest BCUT2D eigenvalue weighted by Gasteiger charge is -2.22. The van der Waals surface area contributed by atoms with Crippen LogP contribution in [0.2, 0.25) is 0 Å². The molecule has 1 saturated heterocycles. The lowest BCUT2D eigenvalue weighted by atomic mass is 9.92. The molecule has 1 heterocycles. The molecule has 0 aromatic carbocycles. The first kappa shape index (κ1) is 7.25. The lowest BCUT2D eigenvalue weighted by Crippen LogP contribution is -2.41. The van der Waals surface area contributed by atoms with Gasteiger partial charge in [0.1, 0.15) is 6.29 Å². The van der Waals surface area contributed by atoms with Crippen molar-refractivity contribution in [3.8, 4) is 0 Å². The second-order valence-corrected chi connectivity index (χ2v) is 2.83. The van der Waals surface area contributed by atoms with E-state index in [0.717, 1.165) is 6.29 Å². The molecule has 0 saturated carbocycles. The van der Waals surface area contributed by atoms with Crippen LogP contribution in [0.5, 0.6) is 0 Å². The van der Waals surface area contributed by atoms with Gasteiger partial charge in [-0.25, -0.2) is 0 Å². The average molecular weight is 141 g/mol. The molecule has 0 aromatic heterocycles. The summed E-state index contributed by atoms with van der Waals surface area (Å²) in [6.45, 7) is 2.74. The highest BCUT2D eigenvalue weighted by atomic mass is 16.2. The first-order valence-electron chi connectivity index (χ1n) is 3.47. The molecule has 56 valence electrons. The highest BCUT2D eigenvalue weighted by Gasteiger charge is 2.24. The van der Waals surface area contributed by atoms with Crippen LogP contribution in [0.4, 0.5) is 0 Å². The Morgan fingerprint density at radius 2 is 2.40 bits per heavy atom. The number of carbonyl (C=O) groups excluding carboxylic acids is 2. The van der Waals surface area contributed by atoms with Gasteiger partial charge < -0.3 is 10.1 Å². The van der Waals surface area contributed by atoms with E-state index in [1.807, 2.05) is 6.92 Å². The summed E-state index contributed by atoms with van der Waals surface area (Å²) in [5.74, 6) is -0.0789. The number of amides is 1. The van der Waals surface area contributed by atoms with Crippen LogP contribution in [0.15, 0.2) is 0 Å². The van der Waals surface area contributed by atoms with Crippen molar-refractivity contribution in [2.45, 2.75) is 13.3 Å². The number of hydrogen-bond donors (Lipinski definition) is 1. The number of piperidine rings is 1. The van der Waals surface area contributed by atoms with Crippen molar-refractivity contribution in [3.63, 3.8) is 0 Å². The summed E-state index contributed by atoms with van der Waals surface area (Å²) in [5, 5.41) is 2.66. The van der Waals surface area contributed by atoms with E-state index in [0.29, 0.717) is 18.9 Å². The minimum atomic E-state index is -0.399. The van der Waals surface area contributed by atoms with E-state index in [1.54, 1.807) is 0 Å². The number of carbonyl (C=O) groups is 2. The molecule has 3 heteroatoms. The smallest absolute Gasteiger partial charge is 0.230 e. The summed E-state index contributed by atoms with van der Waals surface area (Å²) >= 11 is 0. The van der Waals surface area contributed by atoms with Crippen LogP contribution in [0, 0.1) is 11.8 Å². The van der Waals surface area contributed by atoms with Crippen LogP contribution in [-0.4, -0.2) is 18.7 Å². The van der Waals surface area contributed by atoms with Crippen LogP contribution in [0.25, 0.3) is 0 Å². The molecular formula is C7H11NO2. The van der Waals surface area contributed by atoms with Crippen molar-refractivity contribution < 1.29 is 9.59 Å². The molecule has 2 unspecified atom stereocenters. The molecule has 1 aliphatic rings. The SMILES string of the molecule is CC1CNC(=O)C(C=O)C1. The Bertz CT molecular complexity index is 156. The summed E-state index contributed by atoms with van der Waals surface area (Å²) in [4.78, 5) is 21.1. The normalized spacial score (nSPS) is 33.1. The van der Waals surface area contributed by atoms with Crippen LogP contribution in [0.1, 0.15) is 13.3 Å². The third-order valence-corrected chi connectivity index (χ3v) is 1.78. The van der Waals surface area contributed by atoms with Gasteiger partial charge in [0.15, 0.2) is 0 Å². The quantitative estimate of drug-likeness (QED) is 0.411. The zero-order valence-electron chi connectivity index (χ0n) is 5.96. The van der Waals surface area contributed by atoms with Gasteiger partial charge in [-0.3, -0.25) is 4.79 Å². The van der Waals surface area contributed by atoms with Crippen molar-refractivity contribution in [3.05, 3.63) is 0 Å². The standard InChI is InChI=1S/C7H11NO2/c1-5-2-6(4-9)7(10)8-3-5/h4-6H,2-3H2,1H3,(H,8,10). The highest BCUT2D eigenvalue weighted by Crippen LogP contribution is 2.14. The fourth-order valence-corrected chi connectivity index (χ4v) is 1.15. The summed E-state index contributed by atoms with van der Waals surface area (Å²) in [6.07, 6.45) is 1.43. The van der Waals surface area contributed by atoms with Crippen LogP contribution in [-0.2, 0) is 9.59 Å². The molecule has 1 fully saturated rings. The second-order valence-electron chi connectivity index (χ2n) is 2.83. The highest BCUT2D eigenvalue weighted by molar-refractivity contribution is 5.92. The Hall–Kier alpha value is -0.860. The monoisotopic (exact) mass is 141 g/mol. The fourth-order valence-electron chi connectivity index (χ4n) is 1.15. The van der Waals surface area contributed by atoms with Crippen molar-refractivity contribution in [1.82, 2.24) is 5.32 Å². The van der Waals surface area contributed by atoms with Crippen molar-refractivity contribution in [2.24, 2.45) is 11.8 Å². The average Bonchev–Trinajstić information content (AvgIpc) is 1.94. The van der Waals surface area contributed by atoms with Crippen molar-refractivity contribution in [1.29, 1.82) is 0 Å². The zero-order chi connectivity index (χ0) is 7.56. The van der Waals surface area contributed by atoms with E-state index >= 15 is 0 Å². The minimum absolute atomic E-state index is 0.117. The van der Waals surface area contributed by atoms with Gasteiger partial charge in [-0.2, -0.15) is 0 Å². The van der Waals surface area contributed by atoms with E-state index in [4.69, 9.17) is 0 Å². The zero-order valence-corrected chi connectivity index (χ0v) is 5.96. The van der Waals surface area contributed by atoms with Gasteiger partial charge in [-0.15, -0.1) is 0 Å². The molecule has 1 rings (SSSR count). The molecule has 1 aliphatic heterocycles. The maximum atomic E-state index is 10.8. The Kier molecular flexibility index (Phi) is 2.04. The Morgan fingerprint density at radius 3 is 2.90 bits per heavy atom. The molecule has 2 atom stereocenters. The van der Waals surface area contributed by atoms with Crippen LogP contribution >= 0.6 is 0 Å². The minimum Gasteiger partial charge on any atom is -0.355 e. The maximum Gasteiger partial charge on any atom is 0.230 e. The molecule has 0 spiro atoms. The largest absolute Gasteiger partial charge is 0.355 e. The molecule has 1 N–H and O–H groups in total. The van der Waals surface area contributed by atoms with Crippen molar-refractivity contribution >= 4 is 12.2 Å². The molecule has 10 heavy (non-hydrogen) atoms. The fraction of sp³-hybridized carbons (Fsp3) is 0.714. The van der Waals surface area contributed by atoms with E-state index in [1.165, 1.54) is 0 Å². The van der Waals surface area contributed by atoms with Crippen molar-refractivity contribution in [2.75, 3.05) is 6.54 Å². The predicted octanol–water partition coefficient (Wildman–Crippen LogP) is -0.0425. The van der Waals surface area contributed by atoms with E-state index in [9.17, 15) is 9.59 Å². The summed E-state index contributed by atoms with van der Waals surface area (Å²) in [6, 6.07) is 0. The van der Waals surface area contributed by atoms with Gasteiger partial charge in [0.25, 0.3) is 0 Å². The maximum absolute atomic E-state index is 10.8. The molecule has 0 radical (unpaired) electrons. The van der Waals surface area contributed by atoms with Gasteiger partial charge in [0, 0.05) is 6.54 Å². The second kappa shape index (κ2) is 2.82. The Balaban J connectivity index is 2.53. The van der Waals surface area contributed by atoms with Gasteiger partial charge in [-0.1, -0.05) is 6.92 Å². The number of rotatable bonds is 1. The molecular weight excluding hydrogens is 130 g/mol. The third kappa shape index (κ3) is 1.35. The Labute approximate surface area is 59.8 Å². The number of aldehydes is 1. The number of hydrogen-bond acceptors (Lipinski definition) is 2. The van der Waals surface area contributed by atoms with Gasteiger partial charge in [0.05, 0.1) is 5.92 Å². The first-order chi connectivity index (χ1) is 4.74. The third-order valence-electron chi connectivity index (χ3n) is 1.78. The molecule has 3 nitrogen and oxygen atoms in total. The molecule has 0 aliphatic carbocycles. The molecule has 1 amide bonds. The number of nitrogens with one attached hydrogen (secondary N) is 1. The predicted molar refractivity (Wildman–Crippen MR) is 36.3 cm³/mol. The van der Waals surface area contributed by atoms with Crippen LogP contribution in [0.3, 0.4) is 0 Å². The molecule has 0 bridgehead atoms. The van der Waals surface area contributed by atoms with Gasteiger partial charge in [0.2, 0.25) is 5.91 Å². The summed E-state index contributed by atoms with van der Waals surface area (Å²) in [5.41, 5.74) is 0. The van der Waals surface area contributed by atoms with Crippen LogP contribution < -0.4 is 5.32 Å². The van der Waals surface area contributed by atoms with E-state index in [-0.39, 0.29) is 5.91 Å².